The fraction of sp³-hybridized carbons (Fsp3) is 0.731. The maximum atomic E-state index is 16.7. The average Bonchev–Trinajstić information content (AvgIpc) is 3.55. The zero-order chi connectivity index (χ0) is 36.2. The third-order valence-electron chi connectivity index (χ3n) is 6.04. The molecule has 1 saturated heterocycles. The summed E-state index contributed by atoms with van der Waals surface area (Å²) in [6.07, 6.45) is -6.73. The zero-order valence-electron chi connectivity index (χ0n) is 28.4. The molecule has 3 rings (SSSR count). The number of rotatable bonds is 19. The summed E-state index contributed by atoms with van der Waals surface area (Å²) in [5.74, 6) is -4.72. The maximum absolute atomic E-state index is 16.7. The largest absolute Gasteiger partial charge is 0.510 e. The quantitative estimate of drug-likeness (QED) is 0.118. The predicted molar refractivity (Wildman–Crippen MR) is 156 cm³/mol. The lowest BCUT2D eigenvalue weighted by molar-refractivity contribution is -0.194. The van der Waals surface area contributed by atoms with Crippen LogP contribution in [0.2, 0.25) is 0 Å². The number of carbonyl (C=O) groups is 2. The van der Waals surface area contributed by atoms with E-state index in [2.05, 4.69) is 34.9 Å². The van der Waals surface area contributed by atoms with Gasteiger partial charge in [-0.1, -0.05) is 0 Å². The molecule has 0 amide bonds. The fourth-order valence-corrected chi connectivity index (χ4v) is 5.08. The van der Waals surface area contributed by atoms with Crippen LogP contribution in [0.25, 0.3) is 11.2 Å². The number of fused-ring (bicyclic) bond motifs is 1. The number of hydrogen-bond donors (Lipinski definition) is 2. The van der Waals surface area contributed by atoms with E-state index < -0.39 is 89.7 Å². The van der Waals surface area contributed by atoms with Crippen molar-refractivity contribution in [3.05, 3.63) is 6.33 Å². The van der Waals surface area contributed by atoms with Crippen molar-refractivity contribution < 1.29 is 71.4 Å². The second kappa shape index (κ2) is 17.1. The van der Waals surface area contributed by atoms with E-state index in [0.29, 0.717) is 0 Å². The van der Waals surface area contributed by atoms with E-state index >= 15 is 8.78 Å². The van der Waals surface area contributed by atoms with E-state index in [4.69, 9.17) is 35.3 Å². The van der Waals surface area contributed by atoms with E-state index in [1.807, 2.05) is 0 Å². The standard InChI is InChI=1S/C26H40F2N5O13P/c1-7-29-23-31-20-19(21(32-23)38-8-2)30-12-33(20)22-18(27)17(9-10-34)26(28,46-22)11-41-47(37,42-13-39-24(35)44-15(3)4)43-14-40-25(36)45-16(5)6/h12,15-18,22,34H,7-11,13-14H2,1-6H3,(H,29,31,32)/t17-,18+,22+,26+/m0/s1/i1T,34T. The first-order chi connectivity index (χ1) is 23.3. The van der Waals surface area contributed by atoms with Gasteiger partial charge < -0.3 is 38.8 Å². The summed E-state index contributed by atoms with van der Waals surface area (Å²) < 4.78 is 107. The van der Waals surface area contributed by atoms with Gasteiger partial charge in [-0.25, -0.2) is 37.0 Å². The van der Waals surface area contributed by atoms with Gasteiger partial charge in [-0.05, 0) is 47.9 Å². The van der Waals surface area contributed by atoms with Gasteiger partial charge in [0.1, 0.15) is 6.61 Å². The molecule has 0 aromatic carbocycles. The number of carbonyl (C=O) groups excluding carboxylic acids is 2. The number of phosphoric ester groups is 1. The van der Waals surface area contributed by atoms with E-state index in [9.17, 15) is 14.2 Å². The van der Waals surface area contributed by atoms with Crippen molar-refractivity contribution in [2.24, 2.45) is 5.92 Å². The zero-order valence-corrected chi connectivity index (χ0v) is 27.3. The van der Waals surface area contributed by atoms with E-state index in [1.165, 1.54) is 27.7 Å². The SMILES string of the molecule is [3H]CCNc1nc(OCC)c2ncn([C@@H]3O[C@](F)(COP(=O)(OCOC(=O)OC(C)C)OCOC(=O)OC(C)C)[C@@H](CCO[3H])[C@H]3F)c2n1. The predicted octanol–water partition coefficient (Wildman–Crippen LogP) is 4.38. The average molecular weight is 704 g/mol. The van der Waals surface area contributed by atoms with Gasteiger partial charge in [0, 0.05) is 14.5 Å². The highest BCUT2D eigenvalue weighted by Crippen LogP contribution is 2.54. The summed E-state index contributed by atoms with van der Waals surface area (Å²) in [7, 11) is -4.97. The number of phosphoric acid groups is 1. The van der Waals surface area contributed by atoms with Gasteiger partial charge in [0.15, 0.2) is 23.6 Å². The first-order valence-electron chi connectivity index (χ1n) is 15.6. The van der Waals surface area contributed by atoms with Crippen molar-refractivity contribution in [2.75, 3.05) is 45.3 Å². The Morgan fingerprint density at radius 3 is 2.40 bits per heavy atom. The van der Waals surface area contributed by atoms with E-state index in [-0.39, 0.29) is 43.0 Å². The van der Waals surface area contributed by atoms with Gasteiger partial charge >= 0.3 is 20.1 Å². The molecule has 1 aliphatic rings. The van der Waals surface area contributed by atoms with Gasteiger partial charge in [-0.15, -0.1) is 0 Å². The Morgan fingerprint density at radius 1 is 1.17 bits per heavy atom. The van der Waals surface area contributed by atoms with Crippen LogP contribution in [-0.2, 0) is 41.8 Å². The molecule has 0 radical (unpaired) electrons. The molecule has 1 fully saturated rings. The number of ether oxygens (including phenoxy) is 6. The van der Waals surface area contributed by atoms with Crippen molar-refractivity contribution in [1.29, 1.82) is 1.43 Å². The molecule has 47 heavy (non-hydrogen) atoms. The first kappa shape index (κ1) is 34.9. The summed E-state index contributed by atoms with van der Waals surface area (Å²) in [5.41, 5.74) is 0.0958. The van der Waals surface area contributed by atoms with Crippen LogP contribution < -0.4 is 10.1 Å². The van der Waals surface area contributed by atoms with Gasteiger partial charge in [-0.3, -0.25) is 9.09 Å². The number of aliphatic hydroxyl groups excluding tert-OH is 1. The maximum Gasteiger partial charge on any atom is 0.510 e. The fourth-order valence-electron chi connectivity index (χ4n) is 4.16. The molecule has 3 heterocycles. The molecule has 2 aromatic heterocycles. The van der Waals surface area contributed by atoms with Crippen LogP contribution in [0.4, 0.5) is 24.3 Å². The molecule has 0 bridgehead atoms. The van der Waals surface area contributed by atoms with Gasteiger partial charge in [-0.2, -0.15) is 9.97 Å². The van der Waals surface area contributed by atoms with Crippen molar-refractivity contribution >= 4 is 37.2 Å². The lowest BCUT2D eigenvalue weighted by Crippen LogP contribution is -2.38. The second-order valence-electron chi connectivity index (χ2n) is 10.2. The summed E-state index contributed by atoms with van der Waals surface area (Å²) in [6, 6.07) is 0. The van der Waals surface area contributed by atoms with Gasteiger partial charge in [0.2, 0.25) is 32.7 Å². The number of nitrogens with zero attached hydrogens (tertiary/aromatic N) is 4. The third-order valence-corrected chi connectivity index (χ3v) is 7.33. The van der Waals surface area contributed by atoms with Crippen LogP contribution in [0.1, 0.15) is 55.5 Å². The number of hydrogen-bond acceptors (Lipinski definition) is 17. The minimum atomic E-state index is -4.97. The summed E-state index contributed by atoms with van der Waals surface area (Å²) in [6.45, 7) is 4.32. The Balaban J connectivity index is 1.87. The highest BCUT2D eigenvalue weighted by atomic mass is 31.2. The minimum Gasteiger partial charge on any atom is -0.476 e. The smallest absolute Gasteiger partial charge is 0.476 e. The van der Waals surface area contributed by atoms with Crippen LogP contribution in [0.3, 0.4) is 0 Å². The Hall–Kier alpha value is -3.42. The molecule has 21 heteroatoms. The van der Waals surface area contributed by atoms with Crippen molar-refractivity contribution in [2.45, 2.75) is 78.4 Å². The molecule has 2 N–H and O–H groups in total. The van der Waals surface area contributed by atoms with Crippen LogP contribution in [0, 0.1) is 5.92 Å². The number of aromatic nitrogens is 4. The molecule has 0 saturated carbocycles. The minimum absolute atomic E-state index is 0.00700. The number of alkyl halides is 2. The van der Waals surface area contributed by atoms with Gasteiger partial charge in [0.25, 0.3) is 0 Å². The molecule has 18 nitrogen and oxygen atoms in total. The van der Waals surface area contributed by atoms with Crippen molar-refractivity contribution in [3.8, 4) is 5.88 Å². The number of nitrogens with one attached hydrogen (secondary N) is 1. The Kier molecular flexibility index (Phi) is 12.7. The van der Waals surface area contributed by atoms with Gasteiger partial charge in [0.05, 0.1) is 31.1 Å². The summed E-state index contributed by atoms with van der Waals surface area (Å²) in [5, 5.41) is 7.13. The molecule has 1 aliphatic heterocycles. The highest BCUT2D eigenvalue weighted by molar-refractivity contribution is 7.48. The molecular formula is C26H40F2N5O13P. The number of anilines is 1. The van der Waals surface area contributed by atoms with Crippen LogP contribution in [0.5, 0.6) is 5.88 Å². The summed E-state index contributed by atoms with van der Waals surface area (Å²) >= 11 is 0. The normalized spacial score (nSPS) is 21.9. The van der Waals surface area contributed by atoms with E-state index in [1.54, 1.807) is 6.92 Å². The number of imidazole rings is 1. The third kappa shape index (κ3) is 10.3. The van der Waals surface area contributed by atoms with Crippen LogP contribution >= 0.6 is 7.82 Å². The Labute approximate surface area is 271 Å². The molecule has 0 aliphatic carbocycles. The molecule has 0 spiro atoms. The lowest BCUT2D eigenvalue weighted by atomic mass is 9.94. The lowest BCUT2D eigenvalue weighted by Gasteiger charge is -2.27. The summed E-state index contributed by atoms with van der Waals surface area (Å²) in [4.78, 5) is 36.2. The first-order valence-corrected chi connectivity index (χ1v) is 15.9. The topological polar surface area (TPSA) is 210 Å². The monoisotopic (exact) mass is 703 g/mol. The van der Waals surface area contributed by atoms with Crippen molar-refractivity contribution in [3.63, 3.8) is 0 Å². The van der Waals surface area contributed by atoms with Crippen LogP contribution in [-0.4, -0.2) is 103 Å². The molecule has 2 aromatic rings. The Morgan fingerprint density at radius 2 is 1.83 bits per heavy atom. The molecule has 0 unspecified atom stereocenters. The molecular weight excluding hydrogens is 659 g/mol. The second-order valence-corrected chi connectivity index (χ2v) is 11.9. The van der Waals surface area contributed by atoms with Crippen molar-refractivity contribution in [1.82, 2.24) is 19.5 Å². The highest BCUT2D eigenvalue weighted by Gasteiger charge is 2.58. The van der Waals surface area contributed by atoms with E-state index in [0.717, 1.165) is 10.9 Å². The number of halogens is 2. The molecule has 4 atom stereocenters. The molecule has 266 valence electrons. The number of aliphatic hydroxyl groups is 1. The Bertz CT molecular complexity index is 1400. The van der Waals surface area contributed by atoms with Crippen LogP contribution in [0.15, 0.2) is 6.33 Å².